The maximum absolute atomic E-state index is 4.96. The van der Waals surface area contributed by atoms with Crippen molar-refractivity contribution in [2.24, 2.45) is 0 Å². The number of nitrogens with zero attached hydrogens (tertiary/aromatic N) is 4. The van der Waals surface area contributed by atoms with Gasteiger partial charge in [-0.1, -0.05) is 176 Å². The molecule has 0 saturated heterocycles. The molecule has 0 amide bonds. The van der Waals surface area contributed by atoms with Gasteiger partial charge >= 0.3 is 0 Å². The monoisotopic (exact) mass is 702 g/mol. The summed E-state index contributed by atoms with van der Waals surface area (Å²) in [5.41, 5.74) is 14.3. The summed E-state index contributed by atoms with van der Waals surface area (Å²) in [7, 11) is 0. The first-order chi connectivity index (χ1) is 27.3. The van der Waals surface area contributed by atoms with E-state index in [0.717, 1.165) is 38.9 Å². The van der Waals surface area contributed by atoms with Gasteiger partial charge in [-0.2, -0.15) is 0 Å². The molecule has 4 nitrogen and oxygen atoms in total. The molecule has 1 aliphatic rings. The van der Waals surface area contributed by atoms with Crippen LogP contribution in [0.1, 0.15) is 22.3 Å². The van der Waals surface area contributed by atoms with Crippen molar-refractivity contribution in [2.75, 3.05) is 0 Å². The normalized spacial score (nSPS) is 12.5. The SMILES string of the molecule is c1ccc(-c2nc(-c3ccccc3)nc(-c3ccc(-c4ccc5c(c4)C(c4ccccc4)(c4ccccc4)c4cc(-c6cccnc6)ccc4-5)cc3)n2)cc1. The van der Waals surface area contributed by atoms with Crippen LogP contribution >= 0.6 is 0 Å². The van der Waals surface area contributed by atoms with Crippen molar-refractivity contribution in [3.8, 4) is 67.5 Å². The molecule has 0 spiro atoms. The van der Waals surface area contributed by atoms with Crippen molar-refractivity contribution in [1.82, 2.24) is 19.9 Å². The molecule has 0 unspecified atom stereocenters. The molecule has 0 fully saturated rings. The third-order valence-corrected chi connectivity index (χ3v) is 10.7. The Balaban J connectivity index is 1.11. The number of hydrogen-bond donors (Lipinski definition) is 0. The Morgan fingerprint density at radius 2 is 0.691 bits per heavy atom. The molecule has 55 heavy (non-hydrogen) atoms. The second kappa shape index (κ2) is 13.6. The largest absolute Gasteiger partial charge is 0.264 e. The van der Waals surface area contributed by atoms with Gasteiger partial charge in [0.25, 0.3) is 0 Å². The van der Waals surface area contributed by atoms with Gasteiger partial charge in [-0.25, -0.2) is 15.0 Å². The van der Waals surface area contributed by atoms with E-state index in [1.807, 2.05) is 79.1 Å². The maximum atomic E-state index is 4.96. The molecule has 0 aliphatic heterocycles. The lowest BCUT2D eigenvalue weighted by Crippen LogP contribution is -2.28. The summed E-state index contributed by atoms with van der Waals surface area (Å²) in [5.74, 6) is 1.94. The molecule has 2 aromatic heterocycles. The fraction of sp³-hybridized carbons (Fsp3) is 0.0196. The van der Waals surface area contributed by atoms with Gasteiger partial charge in [-0.15, -0.1) is 0 Å². The third-order valence-electron chi connectivity index (χ3n) is 10.7. The molecular formula is C51H34N4. The summed E-state index contributed by atoms with van der Waals surface area (Å²) < 4.78 is 0. The molecule has 0 saturated carbocycles. The van der Waals surface area contributed by atoms with Crippen LogP contribution in [0.5, 0.6) is 0 Å². The number of hydrogen-bond acceptors (Lipinski definition) is 4. The van der Waals surface area contributed by atoms with Gasteiger partial charge in [0.2, 0.25) is 0 Å². The van der Waals surface area contributed by atoms with Gasteiger partial charge < -0.3 is 0 Å². The van der Waals surface area contributed by atoms with Crippen LogP contribution in [0.25, 0.3) is 67.5 Å². The standard InChI is InChI=1S/C51H34N4/c1-5-14-36(15-6-1)48-53-49(37-16-7-2-8-17-37)55-50(54-48)38-25-23-35(24-26-38)39-27-29-44-45-30-28-40(41-18-13-31-52-34-41)33-47(45)51(46(44)32-39,42-19-9-3-10-20-42)43-21-11-4-12-22-43/h1-34H. The second-order valence-corrected chi connectivity index (χ2v) is 13.9. The van der Waals surface area contributed by atoms with Gasteiger partial charge in [-0.05, 0) is 73.8 Å². The van der Waals surface area contributed by atoms with Gasteiger partial charge in [-0.3, -0.25) is 4.98 Å². The average Bonchev–Trinajstić information content (AvgIpc) is 3.57. The predicted molar refractivity (Wildman–Crippen MR) is 222 cm³/mol. The first-order valence-electron chi connectivity index (χ1n) is 18.5. The Bertz CT molecular complexity index is 2670. The molecule has 4 heteroatoms. The molecule has 1 aliphatic carbocycles. The highest BCUT2D eigenvalue weighted by Gasteiger charge is 2.46. The zero-order chi connectivity index (χ0) is 36.6. The van der Waals surface area contributed by atoms with Crippen LogP contribution < -0.4 is 0 Å². The zero-order valence-corrected chi connectivity index (χ0v) is 29.9. The lowest BCUT2D eigenvalue weighted by Gasteiger charge is -2.34. The summed E-state index contributed by atoms with van der Waals surface area (Å²) in [6.07, 6.45) is 3.77. The van der Waals surface area contributed by atoms with Crippen LogP contribution in [0.2, 0.25) is 0 Å². The fourth-order valence-electron chi connectivity index (χ4n) is 8.13. The zero-order valence-electron chi connectivity index (χ0n) is 29.9. The Kier molecular flexibility index (Phi) is 8.00. The Morgan fingerprint density at radius 3 is 1.15 bits per heavy atom. The average molecular weight is 703 g/mol. The van der Waals surface area contributed by atoms with E-state index in [0.29, 0.717) is 17.5 Å². The summed E-state index contributed by atoms with van der Waals surface area (Å²) in [4.78, 5) is 19.2. The first kappa shape index (κ1) is 32.4. The second-order valence-electron chi connectivity index (χ2n) is 13.9. The molecule has 0 bridgehead atoms. The van der Waals surface area contributed by atoms with Crippen molar-refractivity contribution >= 4 is 0 Å². The molecule has 258 valence electrons. The number of pyridine rings is 1. The molecule has 0 atom stereocenters. The minimum atomic E-state index is -0.534. The summed E-state index contributed by atoms with van der Waals surface area (Å²) in [6.45, 7) is 0. The Labute approximate surface area is 320 Å². The van der Waals surface area contributed by atoms with Crippen LogP contribution in [0.3, 0.4) is 0 Å². The highest BCUT2D eigenvalue weighted by molar-refractivity contribution is 5.90. The Morgan fingerprint density at radius 1 is 0.309 bits per heavy atom. The molecule has 9 aromatic rings. The molecule has 10 rings (SSSR count). The molecule has 0 radical (unpaired) electrons. The number of aromatic nitrogens is 4. The highest BCUT2D eigenvalue weighted by Crippen LogP contribution is 2.57. The summed E-state index contributed by atoms with van der Waals surface area (Å²) in [5, 5.41) is 0. The van der Waals surface area contributed by atoms with Crippen molar-refractivity contribution in [2.45, 2.75) is 5.41 Å². The molecule has 2 heterocycles. The van der Waals surface area contributed by atoms with E-state index in [9.17, 15) is 0 Å². The van der Waals surface area contributed by atoms with Gasteiger partial charge in [0.1, 0.15) is 0 Å². The third kappa shape index (κ3) is 5.63. The summed E-state index contributed by atoms with van der Waals surface area (Å²) >= 11 is 0. The van der Waals surface area contributed by atoms with E-state index >= 15 is 0 Å². The van der Waals surface area contributed by atoms with Crippen molar-refractivity contribution in [3.05, 3.63) is 229 Å². The smallest absolute Gasteiger partial charge is 0.164 e. The maximum Gasteiger partial charge on any atom is 0.164 e. The van der Waals surface area contributed by atoms with Crippen molar-refractivity contribution < 1.29 is 0 Å². The number of fused-ring (bicyclic) bond motifs is 3. The molecule has 0 N–H and O–H groups in total. The topological polar surface area (TPSA) is 51.6 Å². The molecule has 7 aromatic carbocycles. The predicted octanol–water partition coefficient (Wildman–Crippen LogP) is 12.0. The van der Waals surface area contributed by atoms with Crippen LogP contribution in [0.15, 0.2) is 207 Å². The quantitative estimate of drug-likeness (QED) is 0.166. The van der Waals surface area contributed by atoms with Gasteiger partial charge in [0.15, 0.2) is 17.5 Å². The number of rotatable bonds is 7. The fourth-order valence-corrected chi connectivity index (χ4v) is 8.13. The van der Waals surface area contributed by atoms with E-state index < -0.39 is 5.41 Å². The highest BCUT2D eigenvalue weighted by atomic mass is 15.0. The minimum absolute atomic E-state index is 0.534. The van der Waals surface area contributed by atoms with Crippen LogP contribution in [-0.4, -0.2) is 19.9 Å². The van der Waals surface area contributed by atoms with E-state index in [2.05, 4.69) is 132 Å². The van der Waals surface area contributed by atoms with E-state index in [1.54, 1.807) is 0 Å². The van der Waals surface area contributed by atoms with E-state index in [-0.39, 0.29) is 0 Å². The van der Waals surface area contributed by atoms with E-state index in [4.69, 9.17) is 15.0 Å². The first-order valence-corrected chi connectivity index (χ1v) is 18.5. The Hall–Kier alpha value is -7.30. The minimum Gasteiger partial charge on any atom is -0.264 e. The van der Waals surface area contributed by atoms with Crippen LogP contribution in [0.4, 0.5) is 0 Å². The van der Waals surface area contributed by atoms with Gasteiger partial charge in [0, 0.05) is 29.1 Å². The molecular weight excluding hydrogens is 669 g/mol. The number of benzene rings is 7. The van der Waals surface area contributed by atoms with Gasteiger partial charge in [0.05, 0.1) is 5.41 Å². The lowest BCUT2D eigenvalue weighted by atomic mass is 9.67. The van der Waals surface area contributed by atoms with Crippen LogP contribution in [0, 0.1) is 0 Å². The van der Waals surface area contributed by atoms with Crippen molar-refractivity contribution in [3.63, 3.8) is 0 Å². The summed E-state index contributed by atoms with van der Waals surface area (Å²) in [6, 6.07) is 68.7. The lowest BCUT2D eigenvalue weighted by molar-refractivity contribution is 0.769. The van der Waals surface area contributed by atoms with E-state index in [1.165, 1.54) is 33.4 Å². The van der Waals surface area contributed by atoms with Crippen LogP contribution in [-0.2, 0) is 5.41 Å². The van der Waals surface area contributed by atoms with Crippen molar-refractivity contribution in [1.29, 1.82) is 0 Å².